The Morgan fingerprint density at radius 3 is 2.61 bits per heavy atom. The van der Waals surface area contributed by atoms with Gasteiger partial charge in [-0.1, -0.05) is 6.07 Å². The van der Waals surface area contributed by atoms with Gasteiger partial charge in [-0.3, -0.25) is 0 Å². The summed E-state index contributed by atoms with van der Waals surface area (Å²) in [6.45, 7) is 2.17. The number of aromatic nitrogens is 4. The molecule has 1 aromatic carbocycles. The third kappa shape index (κ3) is 4.16. The highest BCUT2D eigenvalue weighted by Gasteiger charge is 2.23. The number of hydrogen-bond acceptors (Lipinski definition) is 9. The minimum atomic E-state index is -3.57. The van der Waals surface area contributed by atoms with E-state index in [-0.39, 0.29) is 22.2 Å². The van der Waals surface area contributed by atoms with Crippen LogP contribution in [-0.4, -0.2) is 41.2 Å². The number of anilines is 3. The Hall–Kier alpha value is -4.17. The van der Waals surface area contributed by atoms with Gasteiger partial charge in [0, 0.05) is 23.8 Å². The van der Waals surface area contributed by atoms with Crippen LogP contribution >= 0.6 is 0 Å². The molecule has 0 spiro atoms. The maximum absolute atomic E-state index is 13.9. The molecule has 9 nitrogen and oxygen atoms in total. The second-order valence-electron chi connectivity index (χ2n) is 7.14. The highest BCUT2D eigenvalue weighted by atomic mass is 32.2. The monoisotopic (exact) mass is 463 g/mol. The number of benzene rings is 1. The van der Waals surface area contributed by atoms with Crippen LogP contribution in [0.2, 0.25) is 0 Å². The van der Waals surface area contributed by atoms with Crippen LogP contribution in [0.3, 0.4) is 0 Å². The van der Waals surface area contributed by atoms with Crippen LogP contribution < -0.4 is 10.6 Å². The Morgan fingerprint density at radius 2 is 1.91 bits per heavy atom. The van der Waals surface area contributed by atoms with Gasteiger partial charge in [0.2, 0.25) is 0 Å². The summed E-state index contributed by atoms with van der Waals surface area (Å²) in [5, 5.41) is 10.0. The fraction of sp³-hybridized carbons (Fsp3) is 0.136. The second-order valence-corrected chi connectivity index (χ2v) is 9.11. The molecule has 0 fully saturated rings. The minimum Gasteiger partial charge on any atom is -0.382 e. The number of fused-ring (bicyclic) bond motifs is 1. The largest absolute Gasteiger partial charge is 0.382 e. The molecule has 4 aromatic rings. The number of nitriles is 1. The zero-order valence-corrected chi connectivity index (χ0v) is 18.5. The van der Waals surface area contributed by atoms with Gasteiger partial charge in [-0.2, -0.15) is 5.26 Å². The smallest absolute Gasteiger partial charge is 0.192 e. The number of pyridine rings is 2. The van der Waals surface area contributed by atoms with Crippen LogP contribution in [0, 0.1) is 17.1 Å². The van der Waals surface area contributed by atoms with Crippen molar-refractivity contribution in [1.29, 1.82) is 5.26 Å². The molecule has 0 saturated carbocycles. The van der Waals surface area contributed by atoms with Gasteiger partial charge < -0.3 is 10.6 Å². The van der Waals surface area contributed by atoms with Crippen LogP contribution in [-0.2, 0) is 9.84 Å². The lowest BCUT2D eigenvalue weighted by Gasteiger charge is -2.25. The van der Waals surface area contributed by atoms with Crippen molar-refractivity contribution in [2.75, 3.05) is 23.4 Å². The third-order valence-corrected chi connectivity index (χ3v) is 5.92. The van der Waals surface area contributed by atoms with Crippen LogP contribution in [0.4, 0.5) is 21.8 Å². The van der Waals surface area contributed by atoms with Gasteiger partial charge >= 0.3 is 0 Å². The van der Waals surface area contributed by atoms with Crippen molar-refractivity contribution in [3.8, 4) is 17.3 Å². The summed E-state index contributed by atoms with van der Waals surface area (Å²) in [5.74, 6) is 0.164. The first-order valence-electron chi connectivity index (χ1n) is 9.78. The van der Waals surface area contributed by atoms with E-state index in [1.165, 1.54) is 30.6 Å². The summed E-state index contributed by atoms with van der Waals surface area (Å²) in [5.41, 5.74) is 7.20. The highest BCUT2D eigenvalue weighted by molar-refractivity contribution is 7.90. The molecule has 2 N–H and O–H groups in total. The van der Waals surface area contributed by atoms with Gasteiger partial charge in [0.1, 0.15) is 35.4 Å². The summed E-state index contributed by atoms with van der Waals surface area (Å²) in [4.78, 5) is 18.8. The SMILES string of the molecule is CCN(c1nc2ccc(F)cc2cc1-c1cccc(S(C)(=O)=O)n1)c1ncnc(N)c1C#N. The van der Waals surface area contributed by atoms with E-state index in [1.54, 1.807) is 23.1 Å². The lowest BCUT2D eigenvalue weighted by molar-refractivity contribution is 0.598. The van der Waals surface area contributed by atoms with Gasteiger partial charge in [-0.05, 0) is 43.3 Å². The van der Waals surface area contributed by atoms with Crippen molar-refractivity contribution in [1.82, 2.24) is 19.9 Å². The molecule has 166 valence electrons. The molecule has 0 unspecified atom stereocenters. The summed E-state index contributed by atoms with van der Waals surface area (Å²) in [6, 6.07) is 12.4. The topological polar surface area (TPSA) is 139 Å². The van der Waals surface area contributed by atoms with Gasteiger partial charge in [-0.25, -0.2) is 32.7 Å². The summed E-state index contributed by atoms with van der Waals surface area (Å²) < 4.78 is 38.1. The Morgan fingerprint density at radius 1 is 1.12 bits per heavy atom. The number of nitrogens with zero attached hydrogens (tertiary/aromatic N) is 6. The van der Waals surface area contributed by atoms with E-state index in [4.69, 9.17) is 10.7 Å². The van der Waals surface area contributed by atoms with E-state index in [2.05, 4.69) is 15.0 Å². The molecular weight excluding hydrogens is 445 g/mol. The average molecular weight is 463 g/mol. The molecule has 0 aliphatic carbocycles. The van der Waals surface area contributed by atoms with E-state index >= 15 is 0 Å². The van der Waals surface area contributed by atoms with Crippen LogP contribution in [0.25, 0.3) is 22.2 Å². The third-order valence-electron chi connectivity index (χ3n) is 4.93. The normalized spacial score (nSPS) is 11.3. The van der Waals surface area contributed by atoms with E-state index in [0.717, 1.165) is 6.26 Å². The molecule has 11 heteroatoms. The van der Waals surface area contributed by atoms with Crippen molar-refractivity contribution in [3.63, 3.8) is 0 Å². The molecule has 4 rings (SSSR count). The molecule has 0 aliphatic rings. The van der Waals surface area contributed by atoms with E-state index in [9.17, 15) is 18.1 Å². The fourth-order valence-corrected chi connectivity index (χ4v) is 3.99. The molecule has 0 amide bonds. The molecule has 0 atom stereocenters. The lowest BCUT2D eigenvalue weighted by atomic mass is 10.1. The number of sulfone groups is 1. The van der Waals surface area contributed by atoms with Gasteiger partial charge in [-0.15, -0.1) is 0 Å². The number of hydrogen-bond donors (Lipinski definition) is 1. The number of halogens is 1. The van der Waals surface area contributed by atoms with Crippen molar-refractivity contribution >= 4 is 38.2 Å². The van der Waals surface area contributed by atoms with Crippen LogP contribution in [0.15, 0.2) is 53.8 Å². The fourth-order valence-electron chi connectivity index (χ4n) is 3.40. The predicted octanol–water partition coefficient (Wildman–Crippen LogP) is 3.24. The maximum Gasteiger partial charge on any atom is 0.192 e. The summed E-state index contributed by atoms with van der Waals surface area (Å²) in [6.07, 6.45) is 2.31. The van der Waals surface area contributed by atoms with Crippen LogP contribution in [0.1, 0.15) is 12.5 Å². The molecular formula is C22H18FN7O2S. The predicted molar refractivity (Wildman–Crippen MR) is 122 cm³/mol. The van der Waals surface area contributed by atoms with Crippen molar-refractivity contribution in [2.24, 2.45) is 0 Å². The highest BCUT2D eigenvalue weighted by Crippen LogP contribution is 2.36. The Labute approximate surface area is 189 Å². The molecule has 0 aliphatic heterocycles. The lowest BCUT2D eigenvalue weighted by Crippen LogP contribution is -2.22. The maximum atomic E-state index is 13.9. The van der Waals surface area contributed by atoms with Gasteiger partial charge in [0.25, 0.3) is 0 Å². The van der Waals surface area contributed by atoms with Crippen molar-refractivity contribution < 1.29 is 12.8 Å². The van der Waals surface area contributed by atoms with Gasteiger partial charge in [0.05, 0.1) is 11.2 Å². The van der Waals surface area contributed by atoms with E-state index in [0.29, 0.717) is 34.5 Å². The van der Waals surface area contributed by atoms with E-state index < -0.39 is 15.7 Å². The molecule has 3 heterocycles. The number of rotatable bonds is 5. The minimum absolute atomic E-state index is 0.0163. The molecule has 0 bridgehead atoms. The summed E-state index contributed by atoms with van der Waals surface area (Å²) in [7, 11) is -3.57. The summed E-state index contributed by atoms with van der Waals surface area (Å²) >= 11 is 0. The Balaban J connectivity index is 2.05. The first-order valence-corrected chi connectivity index (χ1v) is 11.7. The van der Waals surface area contributed by atoms with Gasteiger partial charge in [0.15, 0.2) is 20.7 Å². The zero-order valence-electron chi connectivity index (χ0n) is 17.7. The molecule has 0 saturated heterocycles. The first kappa shape index (κ1) is 22.0. The van der Waals surface area contributed by atoms with Crippen LogP contribution in [0.5, 0.6) is 0 Å². The van der Waals surface area contributed by atoms with E-state index in [1.807, 2.05) is 13.0 Å². The number of nitrogens with two attached hydrogens (primary N) is 1. The number of nitrogen functional groups attached to an aromatic ring is 1. The van der Waals surface area contributed by atoms with Crippen molar-refractivity contribution in [3.05, 3.63) is 60.2 Å². The molecule has 3 aromatic heterocycles. The molecule has 33 heavy (non-hydrogen) atoms. The Bertz CT molecular complexity index is 1530. The Kier molecular flexibility index (Phi) is 5.61. The standard InChI is InChI=1S/C22H18FN7O2S/c1-3-30(21-16(11-24)20(25)26-12-27-21)22-15(10-13-9-14(23)7-8-17(13)29-22)18-5-4-6-19(28-18)33(2,31)32/h4-10,12H,3H2,1-2H3,(H2,25,26,27). The quantitative estimate of drug-likeness (QED) is 0.472. The average Bonchev–Trinajstić information content (AvgIpc) is 2.79. The first-order chi connectivity index (χ1) is 15.7. The molecule has 0 radical (unpaired) electrons. The van der Waals surface area contributed by atoms with Crippen molar-refractivity contribution in [2.45, 2.75) is 11.9 Å². The zero-order chi connectivity index (χ0) is 23.8. The second kappa shape index (κ2) is 8.40.